The number of rotatable bonds is 4. The predicted molar refractivity (Wildman–Crippen MR) is 57.7 cm³/mol. The molecule has 0 radical (unpaired) electrons. The Bertz CT molecular complexity index is 134. The number of nitrogens with zero attached hydrogens (tertiary/aromatic N) is 1. The van der Waals surface area contributed by atoms with Crippen LogP contribution >= 0.6 is 24.8 Å². The molecule has 0 fully saturated rings. The van der Waals surface area contributed by atoms with Crippen molar-refractivity contribution in [3.05, 3.63) is 0 Å². The fourth-order valence-corrected chi connectivity index (χ4v) is 0.667. The fourth-order valence-electron chi connectivity index (χ4n) is 0.667. The number of halogens is 2. The summed E-state index contributed by atoms with van der Waals surface area (Å²) in [5.74, 6) is -0.341. The highest BCUT2D eigenvalue weighted by molar-refractivity contribution is 5.85. The second-order valence-electron chi connectivity index (χ2n) is 2.72. The molecule has 0 aliphatic rings. The highest BCUT2D eigenvalue weighted by Crippen LogP contribution is 1.91. The van der Waals surface area contributed by atoms with Crippen molar-refractivity contribution >= 4 is 30.8 Å². The van der Waals surface area contributed by atoms with E-state index in [-0.39, 0.29) is 30.8 Å². The van der Waals surface area contributed by atoms with Crippen LogP contribution in [0.15, 0.2) is 0 Å². The highest BCUT2D eigenvalue weighted by Gasteiger charge is 2.12. The van der Waals surface area contributed by atoms with Gasteiger partial charge in [0.05, 0.1) is 7.11 Å². The maximum atomic E-state index is 10.8. The minimum absolute atomic E-state index is 0. The van der Waals surface area contributed by atoms with Crippen molar-refractivity contribution in [2.45, 2.75) is 12.5 Å². The molecule has 0 unspecified atom stereocenters. The quantitative estimate of drug-likeness (QED) is 0.709. The number of nitrogens with two attached hydrogens (primary N) is 1. The summed E-state index contributed by atoms with van der Waals surface area (Å²) >= 11 is 0. The van der Waals surface area contributed by atoms with Crippen LogP contribution in [0.4, 0.5) is 0 Å². The monoisotopic (exact) mass is 232 g/mol. The molecule has 82 valence electrons. The summed E-state index contributed by atoms with van der Waals surface area (Å²) in [5.41, 5.74) is 5.47. The third-order valence-corrected chi connectivity index (χ3v) is 1.39. The predicted octanol–water partition coefficient (Wildman–Crippen LogP) is 0.282. The summed E-state index contributed by atoms with van der Waals surface area (Å²) in [6.45, 7) is 0.802. The molecule has 0 aromatic rings. The Kier molecular flexibility index (Phi) is 14.5. The Hall–Kier alpha value is -0.0300. The third kappa shape index (κ3) is 9.89. The molecule has 13 heavy (non-hydrogen) atoms. The minimum Gasteiger partial charge on any atom is -0.468 e. The van der Waals surface area contributed by atoms with Crippen molar-refractivity contribution in [2.75, 3.05) is 27.7 Å². The number of hydrogen-bond acceptors (Lipinski definition) is 4. The first-order chi connectivity index (χ1) is 5.07. The molecule has 0 amide bonds. The number of carbonyl (C=O) groups excluding carboxylic acids is 1. The lowest BCUT2D eigenvalue weighted by molar-refractivity contribution is -0.142. The van der Waals surface area contributed by atoms with Gasteiger partial charge in [0.1, 0.15) is 6.04 Å². The van der Waals surface area contributed by atoms with E-state index in [1.807, 2.05) is 19.0 Å². The van der Waals surface area contributed by atoms with Crippen molar-refractivity contribution in [2.24, 2.45) is 5.73 Å². The zero-order chi connectivity index (χ0) is 8.85. The summed E-state index contributed by atoms with van der Waals surface area (Å²) in [6, 6.07) is -0.484. The van der Waals surface area contributed by atoms with Gasteiger partial charge in [-0.25, -0.2) is 0 Å². The van der Waals surface area contributed by atoms with Gasteiger partial charge in [-0.1, -0.05) is 0 Å². The first kappa shape index (κ1) is 18.7. The van der Waals surface area contributed by atoms with Gasteiger partial charge in [0, 0.05) is 0 Å². The number of hydrogen-bond donors (Lipinski definition) is 1. The van der Waals surface area contributed by atoms with E-state index in [4.69, 9.17) is 5.73 Å². The smallest absolute Gasteiger partial charge is 0.322 e. The Morgan fingerprint density at radius 2 is 1.92 bits per heavy atom. The van der Waals surface area contributed by atoms with E-state index in [9.17, 15) is 4.79 Å². The maximum Gasteiger partial charge on any atom is 0.322 e. The number of ether oxygens (including phenoxy) is 1. The first-order valence-corrected chi connectivity index (χ1v) is 3.56. The Balaban J connectivity index is -0.000000500. The summed E-state index contributed by atoms with van der Waals surface area (Å²) in [6.07, 6.45) is 0.639. The maximum absolute atomic E-state index is 10.8. The van der Waals surface area contributed by atoms with Gasteiger partial charge in [0.25, 0.3) is 0 Å². The van der Waals surface area contributed by atoms with Crippen LogP contribution in [0.3, 0.4) is 0 Å². The third-order valence-electron chi connectivity index (χ3n) is 1.39. The molecule has 4 nitrogen and oxygen atoms in total. The SMILES string of the molecule is COC(=O)[C@@H](N)CCN(C)C.Cl.Cl. The molecule has 0 aromatic heterocycles. The molecule has 0 saturated heterocycles. The van der Waals surface area contributed by atoms with Crippen LogP contribution in [0.1, 0.15) is 6.42 Å². The fraction of sp³-hybridized carbons (Fsp3) is 0.857. The summed E-state index contributed by atoms with van der Waals surface area (Å²) in [5, 5.41) is 0. The second-order valence-corrected chi connectivity index (χ2v) is 2.72. The van der Waals surface area contributed by atoms with Crippen LogP contribution in [0.25, 0.3) is 0 Å². The molecule has 1 atom stereocenters. The van der Waals surface area contributed by atoms with Crippen molar-refractivity contribution in [1.29, 1.82) is 0 Å². The molecule has 0 heterocycles. The van der Waals surface area contributed by atoms with E-state index >= 15 is 0 Å². The van der Waals surface area contributed by atoms with Gasteiger partial charge >= 0.3 is 5.97 Å². The van der Waals surface area contributed by atoms with Gasteiger partial charge in [-0.3, -0.25) is 4.79 Å². The number of methoxy groups -OCH3 is 1. The Morgan fingerprint density at radius 1 is 1.46 bits per heavy atom. The van der Waals surface area contributed by atoms with Crippen molar-refractivity contribution in [3.8, 4) is 0 Å². The molecule has 0 rings (SSSR count). The number of carbonyl (C=O) groups is 1. The van der Waals surface area contributed by atoms with Crippen LogP contribution in [-0.2, 0) is 9.53 Å². The molecule has 0 bridgehead atoms. The summed E-state index contributed by atoms with van der Waals surface area (Å²) in [4.78, 5) is 12.7. The van der Waals surface area contributed by atoms with E-state index in [1.165, 1.54) is 7.11 Å². The average Bonchev–Trinajstić information content (AvgIpc) is 1.98. The topological polar surface area (TPSA) is 55.6 Å². The lowest BCUT2D eigenvalue weighted by Gasteiger charge is -2.12. The van der Waals surface area contributed by atoms with E-state index in [0.29, 0.717) is 6.42 Å². The Morgan fingerprint density at radius 3 is 2.23 bits per heavy atom. The molecule has 0 aliphatic carbocycles. The molecule has 6 heteroatoms. The zero-order valence-corrected chi connectivity index (χ0v) is 9.78. The molecule has 2 N–H and O–H groups in total. The molecular weight excluding hydrogens is 215 g/mol. The largest absolute Gasteiger partial charge is 0.468 e. The first-order valence-electron chi connectivity index (χ1n) is 3.56. The second kappa shape index (κ2) is 10.1. The molecular formula is C7H18Cl2N2O2. The van der Waals surface area contributed by atoms with Crippen LogP contribution in [0.5, 0.6) is 0 Å². The lowest BCUT2D eigenvalue weighted by Crippen LogP contribution is -2.34. The van der Waals surface area contributed by atoms with Crippen LogP contribution < -0.4 is 5.73 Å². The van der Waals surface area contributed by atoms with Gasteiger partial charge in [0.15, 0.2) is 0 Å². The minimum atomic E-state index is -0.484. The van der Waals surface area contributed by atoms with Gasteiger partial charge in [0.2, 0.25) is 0 Å². The van der Waals surface area contributed by atoms with E-state index in [2.05, 4.69) is 4.74 Å². The molecule has 0 saturated carbocycles. The van der Waals surface area contributed by atoms with Crippen molar-refractivity contribution in [1.82, 2.24) is 4.90 Å². The normalized spacial score (nSPS) is 11.2. The summed E-state index contributed by atoms with van der Waals surface area (Å²) in [7, 11) is 5.21. The van der Waals surface area contributed by atoms with Gasteiger partial charge in [-0.15, -0.1) is 24.8 Å². The standard InChI is InChI=1S/C7H16N2O2.2ClH/c1-9(2)5-4-6(8)7(10)11-3;;/h6H,4-5,8H2,1-3H3;2*1H/t6-;;/m0../s1. The zero-order valence-electron chi connectivity index (χ0n) is 8.15. The van der Waals surface area contributed by atoms with Crippen LogP contribution in [0, 0.1) is 0 Å². The number of esters is 1. The Labute approximate surface area is 91.6 Å². The molecule has 0 aromatic carbocycles. The van der Waals surface area contributed by atoms with Crippen LogP contribution in [0.2, 0.25) is 0 Å². The van der Waals surface area contributed by atoms with E-state index in [0.717, 1.165) is 6.54 Å². The van der Waals surface area contributed by atoms with Gasteiger partial charge < -0.3 is 15.4 Å². The van der Waals surface area contributed by atoms with Crippen molar-refractivity contribution in [3.63, 3.8) is 0 Å². The van der Waals surface area contributed by atoms with Gasteiger partial charge in [-0.2, -0.15) is 0 Å². The van der Waals surface area contributed by atoms with Crippen LogP contribution in [-0.4, -0.2) is 44.7 Å². The van der Waals surface area contributed by atoms with E-state index in [1.54, 1.807) is 0 Å². The molecule has 0 aliphatic heterocycles. The van der Waals surface area contributed by atoms with Crippen molar-refractivity contribution < 1.29 is 9.53 Å². The average molecular weight is 233 g/mol. The summed E-state index contributed by atoms with van der Waals surface area (Å²) < 4.78 is 4.46. The van der Waals surface area contributed by atoms with E-state index < -0.39 is 6.04 Å². The lowest BCUT2D eigenvalue weighted by atomic mass is 10.2. The molecule has 0 spiro atoms. The van der Waals surface area contributed by atoms with Gasteiger partial charge in [-0.05, 0) is 27.1 Å². The highest BCUT2D eigenvalue weighted by atomic mass is 35.5.